The molecule has 0 spiro atoms. The van der Waals surface area contributed by atoms with Crippen molar-refractivity contribution in [1.82, 2.24) is 0 Å². The third-order valence-corrected chi connectivity index (χ3v) is 8.94. The Morgan fingerprint density at radius 2 is 1.12 bits per heavy atom. The van der Waals surface area contributed by atoms with Gasteiger partial charge in [0.15, 0.2) is 11.5 Å². The van der Waals surface area contributed by atoms with Crippen molar-refractivity contribution in [2.75, 3.05) is 6.61 Å². The fraction of sp³-hybridized carbons (Fsp3) is 0.429. The summed E-state index contributed by atoms with van der Waals surface area (Å²) < 4.78 is 10.5. The van der Waals surface area contributed by atoms with E-state index in [0.29, 0.717) is 12.8 Å². The summed E-state index contributed by atoms with van der Waals surface area (Å²) in [5, 5.41) is 73.7. The van der Waals surface area contributed by atoms with E-state index >= 15 is 0 Å². The van der Waals surface area contributed by atoms with Crippen molar-refractivity contribution in [2.45, 2.75) is 109 Å². The molecule has 0 amide bonds. The normalized spacial score (nSPS) is 12.2. The number of ether oxygens (including phenoxy) is 2. The molecule has 0 radical (unpaired) electrons. The smallest absolute Gasteiger partial charge is 0.390 e. The highest BCUT2D eigenvalue weighted by atomic mass is 17.2. The lowest BCUT2D eigenvalue weighted by atomic mass is 9.95. The second-order valence-electron chi connectivity index (χ2n) is 13.3. The number of aliphatic hydroxyl groups excluding tert-OH is 3. The molecular formula is C42H52O15. The topological polar surface area (TPSA) is 247 Å². The number of allylic oxidation sites excluding steroid dienone is 2. The van der Waals surface area contributed by atoms with Gasteiger partial charge < -0.3 is 45.2 Å². The molecule has 0 aromatic heterocycles. The van der Waals surface area contributed by atoms with E-state index in [-0.39, 0.29) is 6.42 Å². The molecule has 2 unspecified atom stereocenters. The maximum atomic E-state index is 13.5. The van der Waals surface area contributed by atoms with E-state index in [1.165, 1.54) is 62.8 Å². The number of carbonyl (C=O) groups is 4. The Balaban J connectivity index is 1.81. The van der Waals surface area contributed by atoms with Gasteiger partial charge in [-0.25, -0.2) is 24.2 Å². The standard InChI is InChI=1S/C42H52O15/c1-2-3-4-5-6-7-8-9-10-11-12-13-14-15-16-25-32(47)54-39-36(49)34(42(53)57-56-41(52)28-22-18-20-24-30(28)45)33(35(48)31(46)26-43)38(37(39)50)55-40(51)27-21-17-19-23-29(27)44/h9-10,17-24,31,35,43-46,48-50H,2-8,11-16,25-26H2,1H3/b10-9-. The van der Waals surface area contributed by atoms with Crippen molar-refractivity contribution in [1.29, 1.82) is 0 Å². The molecule has 310 valence electrons. The van der Waals surface area contributed by atoms with Crippen LogP contribution >= 0.6 is 0 Å². The van der Waals surface area contributed by atoms with Crippen LogP contribution in [0.25, 0.3) is 0 Å². The van der Waals surface area contributed by atoms with Crippen LogP contribution in [0.2, 0.25) is 0 Å². The lowest BCUT2D eigenvalue weighted by Gasteiger charge is -2.24. The number of carbonyl (C=O) groups excluding carboxylic acids is 4. The molecule has 3 aromatic rings. The highest BCUT2D eigenvalue weighted by molar-refractivity contribution is 6.00. The fourth-order valence-corrected chi connectivity index (χ4v) is 5.79. The van der Waals surface area contributed by atoms with E-state index in [2.05, 4.69) is 28.9 Å². The zero-order chi connectivity index (χ0) is 41.7. The summed E-state index contributed by atoms with van der Waals surface area (Å²) in [4.78, 5) is 61.3. The van der Waals surface area contributed by atoms with Crippen LogP contribution in [-0.2, 0) is 14.6 Å². The average molecular weight is 797 g/mol. The van der Waals surface area contributed by atoms with Crippen molar-refractivity contribution in [2.24, 2.45) is 0 Å². The Bertz CT molecular complexity index is 1820. The Hall–Kier alpha value is -5.64. The molecule has 0 aliphatic rings. The number of esters is 2. The van der Waals surface area contributed by atoms with Crippen molar-refractivity contribution >= 4 is 23.9 Å². The summed E-state index contributed by atoms with van der Waals surface area (Å²) in [7, 11) is 0. The maximum Gasteiger partial charge on any atom is 0.390 e. The lowest BCUT2D eigenvalue weighted by Crippen LogP contribution is -2.26. The zero-order valence-corrected chi connectivity index (χ0v) is 31.9. The van der Waals surface area contributed by atoms with E-state index in [9.17, 15) is 54.9 Å². The highest BCUT2D eigenvalue weighted by Crippen LogP contribution is 2.52. The molecule has 0 heterocycles. The third-order valence-electron chi connectivity index (χ3n) is 8.94. The van der Waals surface area contributed by atoms with Crippen LogP contribution in [0.15, 0.2) is 60.7 Å². The molecule has 0 bridgehead atoms. The van der Waals surface area contributed by atoms with Gasteiger partial charge in [-0.3, -0.25) is 4.79 Å². The number of rotatable bonds is 23. The molecule has 57 heavy (non-hydrogen) atoms. The summed E-state index contributed by atoms with van der Waals surface area (Å²) in [6.45, 7) is 1.03. The van der Waals surface area contributed by atoms with Gasteiger partial charge in [-0.1, -0.05) is 94.7 Å². The lowest BCUT2D eigenvalue weighted by molar-refractivity contribution is -0.188. The van der Waals surface area contributed by atoms with Crippen LogP contribution in [-0.4, -0.2) is 72.3 Å². The maximum absolute atomic E-state index is 13.5. The van der Waals surface area contributed by atoms with E-state index in [4.69, 9.17) is 9.47 Å². The number of hydrogen-bond donors (Lipinski definition) is 7. The van der Waals surface area contributed by atoms with Gasteiger partial charge in [0.25, 0.3) is 0 Å². The Kier molecular flexibility index (Phi) is 19.3. The van der Waals surface area contributed by atoms with Crippen LogP contribution < -0.4 is 9.47 Å². The predicted molar refractivity (Wildman–Crippen MR) is 205 cm³/mol. The molecule has 0 saturated carbocycles. The minimum atomic E-state index is -2.43. The first-order valence-electron chi connectivity index (χ1n) is 19.1. The Labute approximate surface area is 330 Å². The van der Waals surface area contributed by atoms with Crippen LogP contribution in [0.5, 0.6) is 34.5 Å². The molecular weight excluding hydrogens is 744 g/mol. The van der Waals surface area contributed by atoms with Gasteiger partial charge in [-0.05, 0) is 56.4 Å². The quantitative estimate of drug-likeness (QED) is 0.0128. The second kappa shape index (κ2) is 24.1. The number of phenolic OH excluding ortho intramolecular Hbond substituents is 4. The highest BCUT2D eigenvalue weighted by Gasteiger charge is 2.39. The predicted octanol–water partition coefficient (Wildman–Crippen LogP) is 6.99. The van der Waals surface area contributed by atoms with Crippen molar-refractivity contribution in [3.8, 4) is 34.5 Å². The zero-order valence-electron chi connectivity index (χ0n) is 31.9. The molecule has 0 aliphatic carbocycles. The molecule has 15 heteroatoms. The minimum Gasteiger partial charge on any atom is -0.507 e. The number of aliphatic hydroxyl groups is 3. The second-order valence-corrected chi connectivity index (χ2v) is 13.3. The number of phenols is 4. The molecule has 2 atom stereocenters. The van der Waals surface area contributed by atoms with Crippen molar-refractivity contribution in [3.05, 3.63) is 82.9 Å². The first-order chi connectivity index (χ1) is 27.4. The largest absolute Gasteiger partial charge is 0.507 e. The van der Waals surface area contributed by atoms with Crippen LogP contribution in [0.4, 0.5) is 0 Å². The van der Waals surface area contributed by atoms with Crippen molar-refractivity contribution in [3.63, 3.8) is 0 Å². The van der Waals surface area contributed by atoms with E-state index in [1.807, 2.05) is 0 Å². The van der Waals surface area contributed by atoms with Gasteiger partial charge >= 0.3 is 23.9 Å². The van der Waals surface area contributed by atoms with Crippen LogP contribution in [0.1, 0.15) is 140 Å². The summed E-state index contributed by atoms with van der Waals surface area (Å²) in [5.74, 6) is -11.7. The SMILES string of the molecule is CCCCCCCC/C=C\CCCCCCCC(=O)Oc1c(O)c(OC(=O)c2ccccc2O)c(C(O)C(O)CO)c(C(=O)OOC(=O)c2ccccc2O)c1O. The summed E-state index contributed by atoms with van der Waals surface area (Å²) in [6, 6.07) is 10.00. The molecule has 0 fully saturated rings. The van der Waals surface area contributed by atoms with E-state index in [0.717, 1.165) is 56.4 Å². The van der Waals surface area contributed by atoms with Gasteiger partial charge in [-0.15, -0.1) is 0 Å². The number of aromatic hydroxyl groups is 4. The minimum absolute atomic E-state index is 0.213. The Morgan fingerprint density at radius 3 is 1.68 bits per heavy atom. The van der Waals surface area contributed by atoms with Gasteiger partial charge in [0.1, 0.15) is 40.4 Å². The average Bonchev–Trinajstić information content (AvgIpc) is 3.20. The molecule has 3 aromatic carbocycles. The van der Waals surface area contributed by atoms with Gasteiger partial charge in [-0.2, -0.15) is 0 Å². The van der Waals surface area contributed by atoms with E-state index < -0.39 is 99.4 Å². The summed E-state index contributed by atoms with van der Waals surface area (Å²) in [5.41, 5.74) is -3.23. The van der Waals surface area contributed by atoms with E-state index in [1.54, 1.807) is 0 Å². The number of para-hydroxylation sites is 2. The molecule has 0 saturated heterocycles. The summed E-state index contributed by atoms with van der Waals surface area (Å²) in [6.07, 6.45) is 12.9. The molecule has 3 rings (SSSR count). The van der Waals surface area contributed by atoms with Gasteiger partial charge in [0.05, 0.1) is 6.61 Å². The summed E-state index contributed by atoms with van der Waals surface area (Å²) >= 11 is 0. The monoisotopic (exact) mass is 796 g/mol. The number of benzene rings is 3. The molecule has 7 N–H and O–H groups in total. The van der Waals surface area contributed by atoms with Crippen LogP contribution in [0.3, 0.4) is 0 Å². The molecule has 0 aliphatic heterocycles. The first-order valence-corrected chi connectivity index (χ1v) is 19.1. The van der Waals surface area contributed by atoms with Gasteiger partial charge in [0, 0.05) is 12.0 Å². The first kappa shape index (κ1) is 45.7. The fourth-order valence-electron chi connectivity index (χ4n) is 5.79. The van der Waals surface area contributed by atoms with Crippen molar-refractivity contribution < 1.29 is 74.2 Å². The molecule has 15 nitrogen and oxygen atoms in total. The number of unbranched alkanes of at least 4 members (excludes halogenated alkanes) is 11. The number of hydrogen-bond acceptors (Lipinski definition) is 15. The van der Waals surface area contributed by atoms with Crippen LogP contribution in [0, 0.1) is 0 Å². The Morgan fingerprint density at radius 1 is 0.614 bits per heavy atom. The third kappa shape index (κ3) is 13.8. The van der Waals surface area contributed by atoms with Gasteiger partial charge in [0.2, 0.25) is 11.5 Å².